The molecule has 0 saturated carbocycles. The van der Waals surface area contributed by atoms with Crippen molar-refractivity contribution in [3.8, 4) is 5.75 Å². The minimum Gasteiger partial charge on any atom is -0.497 e. The van der Waals surface area contributed by atoms with Crippen molar-refractivity contribution in [3.05, 3.63) is 48.3 Å². The monoisotopic (exact) mass is 342 g/mol. The van der Waals surface area contributed by atoms with Gasteiger partial charge < -0.3 is 9.64 Å². The molecule has 6 heteroatoms. The van der Waals surface area contributed by atoms with Crippen molar-refractivity contribution in [1.29, 1.82) is 0 Å². The third kappa shape index (κ3) is 3.54. The number of benzene rings is 1. The molecule has 0 spiro atoms. The van der Waals surface area contributed by atoms with Crippen molar-refractivity contribution in [3.63, 3.8) is 0 Å². The Bertz CT molecular complexity index is 687. The zero-order valence-electron chi connectivity index (χ0n) is 15.2. The molecule has 3 rings (SSSR count). The van der Waals surface area contributed by atoms with Crippen molar-refractivity contribution in [1.82, 2.24) is 19.6 Å². The van der Waals surface area contributed by atoms with E-state index >= 15 is 0 Å². The molecule has 1 saturated heterocycles. The summed E-state index contributed by atoms with van der Waals surface area (Å²) < 4.78 is 7.06. The molecule has 2 aromatic rings. The molecule has 134 valence electrons. The quantitative estimate of drug-likeness (QED) is 0.834. The van der Waals surface area contributed by atoms with Gasteiger partial charge in [-0.25, -0.2) is 0 Å². The lowest BCUT2D eigenvalue weighted by atomic mass is 9.86. The first-order chi connectivity index (χ1) is 12.0. The van der Waals surface area contributed by atoms with Crippen LogP contribution >= 0.6 is 0 Å². The number of rotatable bonds is 5. The van der Waals surface area contributed by atoms with Gasteiger partial charge in [0.05, 0.1) is 7.11 Å². The molecule has 0 radical (unpaired) electrons. The summed E-state index contributed by atoms with van der Waals surface area (Å²) in [5.74, 6) is 0.997. The van der Waals surface area contributed by atoms with E-state index in [0.717, 1.165) is 38.2 Å². The number of ether oxygens (including phenoxy) is 1. The van der Waals surface area contributed by atoms with Gasteiger partial charge in [-0.05, 0) is 36.6 Å². The molecule has 1 aromatic carbocycles. The van der Waals surface area contributed by atoms with Crippen LogP contribution in [0.4, 0.5) is 0 Å². The third-order valence-corrected chi connectivity index (χ3v) is 5.00. The van der Waals surface area contributed by atoms with E-state index in [1.54, 1.807) is 18.2 Å². The highest BCUT2D eigenvalue weighted by Crippen LogP contribution is 2.32. The van der Waals surface area contributed by atoms with E-state index in [9.17, 15) is 4.79 Å². The van der Waals surface area contributed by atoms with E-state index in [1.807, 2.05) is 43.2 Å². The standard InChI is InChI=1S/C19H26N4O2/c1-21(2)18(24)19(23-12-4-11-20-23)9-13-22(14-10-19)15-16-5-7-17(25-3)8-6-16/h4-8,11-12H,9-10,13-15H2,1-3H3. The summed E-state index contributed by atoms with van der Waals surface area (Å²) >= 11 is 0. The second kappa shape index (κ2) is 7.27. The summed E-state index contributed by atoms with van der Waals surface area (Å²) in [4.78, 5) is 17.0. The fourth-order valence-corrected chi connectivity index (χ4v) is 3.55. The van der Waals surface area contributed by atoms with E-state index in [2.05, 4.69) is 22.1 Å². The van der Waals surface area contributed by atoms with Crippen molar-refractivity contribution < 1.29 is 9.53 Å². The van der Waals surface area contributed by atoms with Crippen LogP contribution < -0.4 is 4.74 Å². The largest absolute Gasteiger partial charge is 0.497 e. The number of carbonyl (C=O) groups excluding carboxylic acids is 1. The number of nitrogens with zero attached hydrogens (tertiary/aromatic N) is 4. The fourth-order valence-electron chi connectivity index (χ4n) is 3.55. The SMILES string of the molecule is COc1ccc(CN2CCC(C(=O)N(C)C)(n3cccn3)CC2)cc1. The van der Waals surface area contributed by atoms with Gasteiger partial charge in [-0.2, -0.15) is 5.10 Å². The smallest absolute Gasteiger partial charge is 0.250 e. The fraction of sp³-hybridized carbons (Fsp3) is 0.474. The highest BCUT2D eigenvalue weighted by molar-refractivity contribution is 5.84. The first-order valence-corrected chi connectivity index (χ1v) is 8.62. The number of methoxy groups -OCH3 is 1. The van der Waals surface area contributed by atoms with Gasteiger partial charge >= 0.3 is 0 Å². The van der Waals surface area contributed by atoms with E-state index in [-0.39, 0.29) is 5.91 Å². The third-order valence-electron chi connectivity index (χ3n) is 5.00. The minimum absolute atomic E-state index is 0.125. The molecular weight excluding hydrogens is 316 g/mol. The van der Waals surface area contributed by atoms with Gasteiger partial charge in [0.15, 0.2) is 0 Å². The molecule has 0 N–H and O–H groups in total. The average Bonchev–Trinajstić information content (AvgIpc) is 3.18. The van der Waals surface area contributed by atoms with Gasteiger partial charge in [0.25, 0.3) is 0 Å². The number of likely N-dealkylation sites (tertiary alicyclic amines) is 1. The van der Waals surface area contributed by atoms with Crippen LogP contribution in [0, 0.1) is 0 Å². The Morgan fingerprint density at radius 2 is 1.92 bits per heavy atom. The first-order valence-electron chi connectivity index (χ1n) is 8.62. The Balaban J connectivity index is 1.70. The Labute approximate surface area is 149 Å². The van der Waals surface area contributed by atoms with E-state index in [0.29, 0.717) is 0 Å². The number of likely N-dealkylation sites (N-methyl/N-ethyl adjacent to an activating group) is 1. The van der Waals surface area contributed by atoms with Crippen LogP contribution in [0.5, 0.6) is 5.75 Å². The van der Waals surface area contributed by atoms with E-state index < -0.39 is 5.54 Å². The lowest BCUT2D eigenvalue weighted by Gasteiger charge is -2.42. The maximum Gasteiger partial charge on any atom is 0.250 e. The normalized spacial score (nSPS) is 17.2. The molecule has 2 heterocycles. The van der Waals surface area contributed by atoms with Crippen molar-refractivity contribution in [2.75, 3.05) is 34.3 Å². The number of hydrogen-bond acceptors (Lipinski definition) is 4. The highest BCUT2D eigenvalue weighted by atomic mass is 16.5. The molecule has 1 amide bonds. The molecule has 0 bridgehead atoms. The number of piperidine rings is 1. The Kier molecular flexibility index (Phi) is 5.08. The van der Waals surface area contributed by atoms with Crippen molar-refractivity contribution in [2.45, 2.75) is 24.9 Å². The summed E-state index contributed by atoms with van der Waals surface area (Å²) in [5, 5.41) is 4.38. The summed E-state index contributed by atoms with van der Waals surface area (Å²) in [6.07, 6.45) is 5.18. The molecule has 0 aliphatic carbocycles. The van der Waals surface area contributed by atoms with Gasteiger partial charge in [0, 0.05) is 46.1 Å². The van der Waals surface area contributed by atoms with Crippen LogP contribution in [0.1, 0.15) is 18.4 Å². The second-order valence-electron chi connectivity index (χ2n) is 6.81. The van der Waals surface area contributed by atoms with Crippen LogP contribution in [0.25, 0.3) is 0 Å². The van der Waals surface area contributed by atoms with Gasteiger partial charge in [0.1, 0.15) is 11.3 Å². The molecule has 1 fully saturated rings. The second-order valence-corrected chi connectivity index (χ2v) is 6.81. The number of amides is 1. The Morgan fingerprint density at radius 3 is 2.44 bits per heavy atom. The highest BCUT2D eigenvalue weighted by Gasteiger charge is 2.44. The van der Waals surface area contributed by atoms with Crippen LogP contribution in [0.3, 0.4) is 0 Å². The topological polar surface area (TPSA) is 50.6 Å². The van der Waals surface area contributed by atoms with Crippen LogP contribution in [0.15, 0.2) is 42.7 Å². The predicted octanol–water partition coefficient (Wildman–Crippen LogP) is 1.97. The zero-order chi connectivity index (χ0) is 17.9. The Morgan fingerprint density at radius 1 is 1.24 bits per heavy atom. The average molecular weight is 342 g/mol. The molecule has 0 atom stereocenters. The van der Waals surface area contributed by atoms with Gasteiger partial charge in [0.2, 0.25) is 5.91 Å². The molecular formula is C19H26N4O2. The zero-order valence-corrected chi connectivity index (χ0v) is 15.2. The van der Waals surface area contributed by atoms with Crippen molar-refractivity contribution >= 4 is 5.91 Å². The first kappa shape index (κ1) is 17.5. The molecule has 1 aliphatic rings. The summed E-state index contributed by atoms with van der Waals surface area (Å²) in [7, 11) is 5.31. The maximum atomic E-state index is 12.9. The molecule has 1 aromatic heterocycles. The lowest BCUT2D eigenvalue weighted by Crippen LogP contribution is -2.54. The molecule has 0 unspecified atom stereocenters. The van der Waals surface area contributed by atoms with Gasteiger partial charge in [-0.15, -0.1) is 0 Å². The molecule has 6 nitrogen and oxygen atoms in total. The van der Waals surface area contributed by atoms with Crippen LogP contribution in [-0.4, -0.2) is 59.8 Å². The van der Waals surface area contributed by atoms with E-state index in [1.165, 1.54) is 5.56 Å². The maximum absolute atomic E-state index is 12.9. The summed E-state index contributed by atoms with van der Waals surface area (Å²) in [6, 6.07) is 10.1. The Hall–Kier alpha value is -2.34. The van der Waals surface area contributed by atoms with Crippen molar-refractivity contribution in [2.24, 2.45) is 0 Å². The molecule has 25 heavy (non-hydrogen) atoms. The van der Waals surface area contributed by atoms with Crippen LogP contribution in [0.2, 0.25) is 0 Å². The summed E-state index contributed by atoms with van der Waals surface area (Å²) in [5.41, 5.74) is 0.690. The van der Waals surface area contributed by atoms with E-state index in [4.69, 9.17) is 4.74 Å². The van der Waals surface area contributed by atoms with Gasteiger partial charge in [-0.3, -0.25) is 14.4 Å². The van der Waals surface area contributed by atoms with Crippen LogP contribution in [-0.2, 0) is 16.9 Å². The number of hydrogen-bond donors (Lipinski definition) is 0. The number of aromatic nitrogens is 2. The van der Waals surface area contributed by atoms with Gasteiger partial charge in [-0.1, -0.05) is 12.1 Å². The predicted molar refractivity (Wildman–Crippen MR) is 96.4 cm³/mol. The molecule has 1 aliphatic heterocycles. The number of carbonyl (C=O) groups is 1. The lowest BCUT2D eigenvalue weighted by molar-refractivity contribution is -0.141. The minimum atomic E-state index is -0.566. The summed E-state index contributed by atoms with van der Waals surface area (Å²) in [6.45, 7) is 2.62.